The first-order valence-corrected chi connectivity index (χ1v) is 9.22. The molecule has 4 atom stereocenters. The van der Waals surface area contributed by atoms with Gasteiger partial charge in [-0.1, -0.05) is 18.5 Å². The monoisotopic (exact) mass is 342 g/mol. The first kappa shape index (κ1) is 17.2. The predicted molar refractivity (Wildman–Crippen MR) is 88.8 cm³/mol. The minimum atomic E-state index is -0.638. The smallest absolute Gasteiger partial charge is 0.145 e. The first-order valence-electron chi connectivity index (χ1n) is 8.84. The molecule has 4 unspecified atom stereocenters. The van der Waals surface area contributed by atoms with Crippen molar-refractivity contribution in [1.29, 1.82) is 0 Å². The molecular weight excluding hydrogens is 318 g/mol. The van der Waals surface area contributed by atoms with Crippen LogP contribution < -0.4 is 0 Å². The van der Waals surface area contributed by atoms with Gasteiger partial charge in [0.15, 0.2) is 0 Å². The van der Waals surface area contributed by atoms with Gasteiger partial charge in [-0.05, 0) is 80.4 Å². The van der Waals surface area contributed by atoms with Crippen molar-refractivity contribution in [2.24, 2.45) is 11.8 Å². The fourth-order valence-electron chi connectivity index (χ4n) is 4.40. The van der Waals surface area contributed by atoms with Gasteiger partial charge in [0.1, 0.15) is 16.7 Å². The van der Waals surface area contributed by atoms with Crippen LogP contribution in [-0.4, -0.2) is 12.7 Å². The third kappa shape index (κ3) is 3.88. The predicted octanol–water partition coefficient (Wildman–Crippen LogP) is 6.10. The van der Waals surface area contributed by atoms with Crippen molar-refractivity contribution >= 4 is 11.6 Å². The average Bonchev–Trinajstić information content (AvgIpc) is 2.56. The van der Waals surface area contributed by atoms with E-state index in [1.54, 1.807) is 0 Å². The molecular formula is C19H25ClF2O. The molecule has 0 saturated heterocycles. The van der Waals surface area contributed by atoms with E-state index in [4.69, 9.17) is 16.3 Å². The fraction of sp³-hybridized carbons (Fsp3) is 0.684. The number of ether oxygens (including phenoxy) is 1. The van der Waals surface area contributed by atoms with E-state index in [9.17, 15) is 8.78 Å². The second-order valence-corrected chi connectivity index (χ2v) is 7.51. The Kier molecular flexibility index (Phi) is 5.58. The van der Waals surface area contributed by atoms with Crippen LogP contribution >= 0.6 is 11.6 Å². The number of rotatable bonds is 4. The van der Waals surface area contributed by atoms with E-state index >= 15 is 0 Å². The molecule has 0 radical (unpaired) electrons. The van der Waals surface area contributed by atoms with Crippen molar-refractivity contribution in [3.05, 3.63) is 34.4 Å². The second kappa shape index (κ2) is 7.48. The SMILES string of the molecule is CCCOC1CCC2CC(c3cc(F)c(Cl)c(F)c3)CCC2C1. The fourth-order valence-corrected chi connectivity index (χ4v) is 4.50. The van der Waals surface area contributed by atoms with Crippen LogP contribution in [0.25, 0.3) is 0 Å². The topological polar surface area (TPSA) is 9.23 Å². The molecule has 1 nitrogen and oxygen atoms in total. The van der Waals surface area contributed by atoms with Gasteiger partial charge < -0.3 is 4.74 Å². The van der Waals surface area contributed by atoms with Crippen molar-refractivity contribution in [2.45, 2.75) is 63.9 Å². The van der Waals surface area contributed by atoms with E-state index in [2.05, 4.69) is 6.92 Å². The molecule has 2 saturated carbocycles. The van der Waals surface area contributed by atoms with Crippen molar-refractivity contribution in [1.82, 2.24) is 0 Å². The molecule has 0 bridgehead atoms. The number of halogens is 3. The first-order chi connectivity index (χ1) is 11.1. The lowest BCUT2D eigenvalue weighted by Gasteiger charge is -2.42. The summed E-state index contributed by atoms with van der Waals surface area (Å²) in [4.78, 5) is 0. The van der Waals surface area contributed by atoms with Crippen LogP contribution in [0.2, 0.25) is 5.02 Å². The van der Waals surface area contributed by atoms with Crippen LogP contribution in [0.5, 0.6) is 0 Å². The van der Waals surface area contributed by atoms with E-state index in [1.807, 2.05) is 0 Å². The number of fused-ring (bicyclic) bond motifs is 1. The highest BCUT2D eigenvalue weighted by Gasteiger charge is 2.36. The summed E-state index contributed by atoms with van der Waals surface area (Å²) in [7, 11) is 0. The van der Waals surface area contributed by atoms with Crippen LogP contribution in [0.1, 0.15) is 63.4 Å². The van der Waals surface area contributed by atoms with Gasteiger partial charge in [0.25, 0.3) is 0 Å². The molecule has 0 heterocycles. The van der Waals surface area contributed by atoms with Gasteiger partial charge in [0.05, 0.1) is 6.10 Å². The molecule has 1 aromatic carbocycles. The third-order valence-electron chi connectivity index (χ3n) is 5.60. The Morgan fingerprint density at radius 2 is 1.70 bits per heavy atom. The van der Waals surface area contributed by atoms with Crippen LogP contribution in [0.4, 0.5) is 8.78 Å². The quantitative estimate of drug-likeness (QED) is 0.601. The molecule has 0 N–H and O–H groups in total. The van der Waals surface area contributed by atoms with Crippen LogP contribution in [-0.2, 0) is 4.74 Å². The standard InChI is InChI=1S/C19H25ClF2O/c1-2-7-23-16-6-5-12-8-13(3-4-14(12)9-16)15-10-17(21)19(20)18(22)11-15/h10-14,16H,2-9H2,1H3. The van der Waals surface area contributed by atoms with Gasteiger partial charge in [-0.15, -0.1) is 0 Å². The van der Waals surface area contributed by atoms with E-state index in [0.717, 1.165) is 50.7 Å². The zero-order chi connectivity index (χ0) is 16.4. The summed E-state index contributed by atoms with van der Waals surface area (Å²) in [5, 5.41) is -0.393. The molecule has 2 fully saturated rings. The van der Waals surface area contributed by atoms with Gasteiger partial charge in [-0.3, -0.25) is 0 Å². The van der Waals surface area contributed by atoms with E-state index in [0.29, 0.717) is 17.9 Å². The normalized spacial score (nSPS) is 31.0. The van der Waals surface area contributed by atoms with E-state index in [1.165, 1.54) is 18.6 Å². The molecule has 23 heavy (non-hydrogen) atoms. The van der Waals surface area contributed by atoms with Crippen molar-refractivity contribution in [3.8, 4) is 0 Å². The molecule has 4 heteroatoms. The lowest BCUT2D eigenvalue weighted by atomic mass is 9.65. The van der Waals surface area contributed by atoms with Gasteiger partial charge in [-0.25, -0.2) is 8.78 Å². The number of hydrogen-bond donors (Lipinski definition) is 0. The Morgan fingerprint density at radius 1 is 1.04 bits per heavy atom. The van der Waals surface area contributed by atoms with Gasteiger partial charge >= 0.3 is 0 Å². The minimum Gasteiger partial charge on any atom is -0.378 e. The summed E-state index contributed by atoms with van der Waals surface area (Å²) in [6.07, 6.45) is 8.10. The Bertz CT molecular complexity index is 525. The van der Waals surface area contributed by atoms with Gasteiger partial charge in [-0.2, -0.15) is 0 Å². The Hall–Kier alpha value is -0.670. The number of hydrogen-bond acceptors (Lipinski definition) is 1. The highest BCUT2D eigenvalue weighted by Crippen LogP contribution is 2.47. The van der Waals surface area contributed by atoms with Crippen molar-refractivity contribution < 1.29 is 13.5 Å². The number of benzene rings is 1. The Morgan fingerprint density at radius 3 is 2.39 bits per heavy atom. The second-order valence-electron chi connectivity index (χ2n) is 7.13. The highest BCUT2D eigenvalue weighted by atomic mass is 35.5. The molecule has 0 amide bonds. The largest absolute Gasteiger partial charge is 0.378 e. The molecule has 0 aromatic heterocycles. The minimum absolute atomic E-state index is 0.255. The molecule has 1 aromatic rings. The lowest BCUT2D eigenvalue weighted by Crippen LogP contribution is -2.34. The molecule has 128 valence electrons. The summed E-state index contributed by atoms with van der Waals surface area (Å²) in [5.74, 6) is 0.354. The lowest BCUT2D eigenvalue weighted by molar-refractivity contribution is -0.0147. The molecule has 2 aliphatic rings. The van der Waals surface area contributed by atoms with Crippen molar-refractivity contribution in [3.63, 3.8) is 0 Å². The summed E-state index contributed by atoms with van der Waals surface area (Å²) in [6.45, 7) is 3.00. The highest BCUT2D eigenvalue weighted by molar-refractivity contribution is 6.30. The zero-order valence-electron chi connectivity index (χ0n) is 13.7. The third-order valence-corrected chi connectivity index (χ3v) is 5.96. The van der Waals surface area contributed by atoms with E-state index in [-0.39, 0.29) is 5.92 Å². The summed E-state index contributed by atoms with van der Waals surface area (Å²) in [5.41, 5.74) is 0.771. The van der Waals surface area contributed by atoms with Crippen LogP contribution in [0.3, 0.4) is 0 Å². The van der Waals surface area contributed by atoms with Gasteiger partial charge in [0, 0.05) is 6.61 Å². The summed E-state index contributed by atoms with van der Waals surface area (Å²) in [6, 6.07) is 2.85. The molecule has 0 aliphatic heterocycles. The average molecular weight is 343 g/mol. The maximum atomic E-state index is 13.7. The molecule has 0 spiro atoms. The van der Waals surface area contributed by atoms with Gasteiger partial charge in [0.2, 0.25) is 0 Å². The summed E-state index contributed by atoms with van der Waals surface area (Å²) >= 11 is 5.59. The molecule has 2 aliphatic carbocycles. The summed E-state index contributed by atoms with van der Waals surface area (Å²) < 4.78 is 33.3. The van der Waals surface area contributed by atoms with Crippen molar-refractivity contribution in [2.75, 3.05) is 6.61 Å². The molecule has 3 rings (SSSR count). The maximum Gasteiger partial charge on any atom is 0.145 e. The Labute approximate surface area is 142 Å². The van der Waals surface area contributed by atoms with Crippen LogP contribution in [0.15, 0.2) is 12.1 Å². The Balaban J connectivity index is 1.63. The zero-order valence-corrected chi connectivity index (χ0v) is 14.4. The van der Waals surface area contributed by atoms with E-state index < -0.39 is 16.7 Å². The van der Waals surface area contributed by atoms with Crippen LogP contribution in [0, 0.1) is 23.5 Å². The maximum absolute atomic E-state index is 13.7.